The molecule has 1 fully saturated rings. The van der Waals surface area contributed by atoms with Crippen LogP contribution >= 0.6 is 0 Å². The van der Waals surface area contributed by atoms with Crippen LogP contribution in [0.2, 0.25) is 0 Å². The molecule has 7 heteroatoms. The highest BCUT2D eigenvalue weighted by Gasteiger charge is 2.34. The lowest BCUT2D eigenvalue weighted by atomic mass is 9.90. The van der Waals surface area contributed by atoms with E-state index in [1.807, 2.05) is 12.2 Å². The number of rotatable bonds is 6. The van der Waals surface area contributed by atoms with Crippen molar-refractivity contribution in [3.8, 4) is 0 Å². The van der Waals surface area contributed by atoms with Gasteiger partial charge in [-0.15, -0.1) is 0 Å². The van der Waals surface area contributed by atoms with Gasteiger partial charge in [0.05, 0.1) is 50.0 Å². The van der Waals surface area contributed by atoms with Crippen LogP contribution in [0.3, 0.4) is 0 Å². The first-order valence-corrected chi connectivity index (χ1v) is 8.81. The highest BCUT2D eigenvalue weighted by atomic mass is 19.1. The van der Waals surface area contributed by atoms with Crippen LogP contribution in [-0.2, 0) is 14.2 Å². The molecule has 2 aliphatic rings. The second-order valence-electron chi connectivity index (χ2n) is 7.34. The Balaban J connectivity index is 1.68. The number of hydrogen-bond donors (Lipinski definition) is 1. The van der Waals surface area contributed by atoms with Crippen LogP contribution in [0, 0.1) is 11.2 Å². The lowest BCUT2D eigenvalue weighted by Gasteiger charge is -2.38. The van der Waals surface area contributed by atoms with Gasteiger partial charge >= 0.3 is 5.97 Å². The lowest BCUT2D eigenvalue weighted by molar-refractivity contribution is -0.144. The number of hydrogen-bond acceptors (Lipinski definition) is 6. The summed E-state index contributed by atoms with van der Waals surface area (Å²) >= 11 is 0. The quantitative estimate of drug-likeness (QED) is 0.770. The largest absolute Gasteiger partial charge is 0.465 e. The van der Waals surface area contributed by atoms with Gasteiger partial charge in [0.1, 0.15) is 5.82 Å². The Bertz CT molecular complexity index is 786. The third-order valence-electron chi connectivity index (χ3n) is 4.86. The number of allylic oxidation sites excluding steroid dienone is 1. The van der Waals surface area contributed by atoms with Crippen LogP contribution < -0.4 is 10.6 Å². The van der Waals surface area contributed by atoms with E-state index >= 15 is 0 Å². The molecule has 0 aromatic heterocycles. The molecule has 1 unspecified atom stereocenters. The molecule has 1 aliphatic heterocycles. The van der Waals surface area contributed by atoms with Gasteiger partial charge < -0.3 is 24.8 Å². The summed E-state index contributed by atoms with van der Waals surface area (Å²) in [5, 5.41) is 0. The summed E-state index contributed by atoms with van der Waals surface area (Å²) in [6.45, 7) is 4.17. The zero-order valence-corrected chi connectivity index (χ0v) is 15.8. The number of methoxy groups -OCH3 is 1. The van der Waals surface area contributed by atoms with Gasteiger partial charge in [0.25, 0.3) is 0 Å². The molecule has 0 radical (unpaired) electrons. The SMILES string of the molecule is COC(=O)c1ccc(N(C)C2=C(N)CC(OCC3(C)COC3)C=C2)c(F)c1. The molecule has 0 spiro atoms. The first-order valence-electron chi connectivity index (χ1n) is 8.81. The Morgan fingerprint density at radius 1 is 1.44 bits per heavy atom. The van der Waals surface area contributed by atoms with Gasteiger partial charge in [-0.1, -0.05) is 13.0 Å². The second kappa shape index (κ2) is 7.70. The fraction of sp³-hybridized carbons (Fsp3) is 0.450. The first-order chi connectivity index (χ1) is 12.8. The third-order valence-corrected chi connectivity index (χ3v) is 4.86. The maximum Gasteiger partial charge on any atom is 0.337 e. The molecule has 1 saturated heterocycles. The maximum absolute atomic E-state index is 14.5. The van der Waals surface area contributed by atoms with Crippen molar-refractivity contribution in [2.45, 2.75) is 19.4 Å². The van der Waals surface area contributed by atoms with Crippen LogP contribution in [-0.4, -0.2) is 46.1 Å². The predicted octanol–water partition coefficient (Wildman–Crippen LogP) is 2.60. The smallest absolute Gasteiger partial charge is 0.337 e. The number of nitrogens with zero attached hydrogens (tertiary/aromatic N) is 1. The van der Waals surface area contributed by atoms with E-state index < -0.39 is 11.8 Å². The highest BCUT2D eigenvalue weighted by Crippen LogP contribution is 2.30. The van der Waals surface area contributed by atoms with Gasteiger partial charge in [-0.3, -0.25) is 0 Å². The van der Waals surface area contributed by atoms with Crippen molar-refractivity contribution in [3.63, 3.8) is 0 Å². The Morgan fingerprint density at radius 2 is 2.19 bits per heavy atom. The minimum Gasteiger partial charge on any atom is -0.465 e. The summed E-state index contributed by atoms with van der Waals surface area (Å²) in [6, 6.07) is 4.22. The highest BCUT2D eigenvalue weighted by molar-refractivity contribution is 5.89. The van der Waals surface area contributed by atoms with E-state index in [0.717, 1.165) is 6.07 Å². The van der Waals surface area contributed by atoms with E-state index in [2.05, 4.69) is 11.7 Å². The number of benzene rings is 1. The van der Waals surface area contributed by atoms with Gasteiger partial charge in [-0.05, 0) is 24.3 Å². The number of anilines is 1. The zero-order chi connectivity index (χ0) is 19.6. The standard InChI is InChI=1S/C20H25FN2O4/c1-20(10-26-11-20)12-27-14-5-7-18(16(22)9-14)23(2)17-6-4-13(8-15(17)21)19(24)25-3/h4-8,14H,9-12,22H2,1-3H3. The molecule has 1 aromatic carbocycles. The summed E-state index contributed by atoms with van der Waals surface area (Å²) < 4.78 is 30.3. The summed E-state index contributed by atoms with van der Waals surface area (Å²) in [4.78, 5) is 13.2. The minimum absolute atomic E-state index is 0.0773. The molecule has 0 bridgehead atoms. The molecule has 0 saturated carbocycles. The molecule has 1 aromatic rings. The van der Waals surface area contributed by atoms with Gasteiger partial charge in [0.2, 0.25) is 0 Å². The van der Waals surface area contributed by atoms with Crippen molar-refractivity contribution in [2.24, 2.45) is 11.1 Å². The number of esters is 1. The maximum atomic E-state index is 14.5. The monoisotopic (exact) mass is 376 g/mol. The molecule has 3 rings (SSSR count). The molecule has 0 amide bonds. The second-order valence-corrected chi connectivity index (χ2v) is 7.34. The van der Waals surface area contributed by atoms with Crippen LogP contribution in [0.4, 0.5) is 10.1 Å². The number of nitrogens with two attached hydrogens (primary N) is 1. The van der Waals surface area contributed by atoms with E-state index in [0.29, 0.717) is 43.3 Å². The average Bonchev–Trinajstić information content (AvgIpc) is 2.63. The van der Waals surface area contributed by atoms with Crippen molar-refractivity contribution in [1.82, 2.24) is 0 Å². The molecule has 27 heavy (non-hydrogen) atoms. The van der Waals surface area contributed by atoms with Crippen molar-refractivity contribution >= 4 is 11.7 Å². The van der Waals surface area contributed by atoms with Gasteiger partial charge in [0, 0.05) is 24.6 Å². The van der Waals surface area contributed by atoms with Crippen molar-refractivity contribution < 1.29 is 23.4 Å². The molecular formula is C20H25FN2O4. The molecule has 1 heterocycles. The fourth-order valence-corrected chi connectivity index (χ4v) is 3.13. The molecule has 146 valence electrons. The fourth-order valence-electron chi connectivity index (χ4n) is 3.13. The van der Waals surface area contributed by atoms with Crippen molar-refractivity contribution in [2.75, 3.05) is 38.9 Å². The van der Waals surface area contributed by atoms with E-state index in [1.165, 1.54) is 19.2 Å². The van der Waals surface area contributed by atoms with Crippen LogP contribution in [0.1, 0.15) is 23.7 Å². The van der Waals surface area contributed by atoms with Crippen LogP contribution in [0.25, 0.3) is 0 Å². The van der Waals surface area contributed by atoms with Crippen LogP contribution in [0.5, 0.6) is 0 Å². The Hall–Kier alpha value is -2.38. The number of likely N-dealkylation sites (N-methyl/N-ethyl adjacent to an activating group) is 1. The Labute approximate surface area is 158 Å². The minimum atomic E-state index is -0.579. The molecule has 1 atom stereocenters. The van der Waals surface area contributed by atoms with Crippen molar-refractivity contribution in [1.29, 1.82) is 0 Å². The summed E-state index contributed by atoms with van der Waals surface area (Å²) in [6.07, 6.45) is 4.21. The van der Waals surface area contributed by atoms with E-state index in [1.54, 1.807) is 11.9 Å². The normalized spacial score (nSPS) is 21.0. The topological polar surface area (TPSA) is 74.0 Å². The van der Waals surface area contributed by atoms with E-state index in [-0.39, 0.29) is 17.1 Å². The van der Waals surface area contributed by atoms with E-state index in [4.69, 9.17) is 15.2 Å². The van der Waals surface area contributed by atoms with E-state index in [9.17, 15) is 9.18 Å². The van der Waals surface area contributed by atoms with Crippen molar-refractivity contribution in [3.05, 3.63) is 53.1 Å². The average molecular weight is 376 g/mol. The molecule has 2 N–H and O–H groups in total. The van der Waals surface area contributed by atoms with Gasteiger partial charge in [0.15, 0.2) is 0 Å². The summed E-state index contributed by atoms with van der Waals surface area (Å²) in [5.74, 6) is -1.10. The van der Waals surface area contributed by atoms with Crippen LogP contribution in [0.15, 0.2) is 41.7 Å². The summed E-state index contributed by atoms with van der Waals surface area (Å²) in [5.41, 5.74) is 8.12. The lowest BCUT2D eigenvalue weighted by Crippen LogP contribution is -2.44. The zero-order valence-electron chi connectivity index (χ0n) is 15.8. The molecular weight excluding hydrogens is 351 g/mol. The molecule has 1 aliphatic carbocycles. The number of ether oxygens (including phenoxy) is 3. The Morgan fingerprint density at radius 3 is 2.74 bits per heavy atom. The third kappa shape index (κ3) is 4.14. The summed E-state index contributed by atoms with van der Waals surface area (Å²) in [7, 11) is 2.99. The predicted molar refractivity (Wildman–Crippen MR) is 99.8 cm³/mol. The first kappa shape index (κ1) is 19.4. The Kier molecular flexibility index (Phi) is 5.53. The number of carbonyl (C=O) groups is 1. The van der Waals surface area contributed by atoms with Gasteiger partial charge in [-0.25, -0.2) is 9.18 Å². The number of carbonyl (C=O) groups excluding carboxylic acids is 1. The van der Waals surface area contributed by atoms with Gasteiger partial charge in [-0.2, -0.15) is 0 Å². The molecule has 6 nitrogen and oxygen atoms in total. The number of halogens is 1.